The first kappa shape index (κ1) is 16.0. The van der Waals surface area contributed by atoms with Crippen molar-refractivity contribution in [3.05, 3.63) is 35.9 Å². The highest BCUT2D eigenvalue weighted by molar-refractivity contribution is 5.80. The molecule has 1 rings (SSSR count). The molecular weight excluding hydrogens is 258 g/mol. The molecule has 0 aliphatic carbocycles. The fourth-order valence-corrected chi connectivity index (χ4v) is 1.95. The van der Waals surface area contributed by atoms with Crippen LogP contribution in [0, 0.1) is 5.92 Å². The Labute approximate surface area is 119 Å². The molecule has 1 unspecified atom stereocenters. The molecule has 0 bridgehead atoms. The molecule has 0 radical (unpaired) electrons. The van der Waals surface area contributed by atoms with Gasteiger partial charge in [-0.2, -0.15) is 0 Å². The highest BCUT2D eigenvalue weighted by Gasteiger charge is 2.31. The third-order valence-electron chi connectivity index (χ3n) is 3.35. The van der Waals surface area contributed by atoms with Crippen LogP contribution in [0.15, 0.2) is 30.3 Å². The number of amides is 1. The Bertz CT molecular complexity index is 446. The number of hydrogen-bond donors (Lipinski definition) is 1. The Morgan fingerprint density at radius 1 is 1.30 bits per heavy atom. The fraction of sp³-hybridized carbons (Fsp3) is 0.467. The molecule has 2 atom stereocenters. The highest BCUT2D eigenvalue weighted by atomic mass is 16.6. The summed E-state index contributed by atoms with van der Waals surface area (Å²) in [5.74, 6) is -1.15. The summed E-state index contributed by atoms with van der Waals surface area (Å²) in [7, 11) is 1.46. The van der Waals surface area contributed by atoms with Crippen molar-refractivity contribution < 1.29 is 19.4 Å². The number of carboxylic acid groups (broad SMARTS) is 1. The zero-order valence-electron chi connectivity index (χ0n) is 12.1. The standard InChI is InChI=1S/C15H21NO4/c1-4-11(2)13(14(17)18)16(3)15(19)20-10-12-8-6-5-7-9-12/h5-9,11,13H,4,10H2,1-3H3,(H,17,18)/t11?,13-/m0/s1. The molecule has 20 heavy (non-hydrogen) atoms. The summed E-state index contributed by atoms with van der Waals surface area (Å²) in [6.07, 6.45) is 0.0503. The number of ether oxygens (including phenoxy) is 1. The van der Waals surface area contributed by atoms with Crippen molar-refractivity contribution >= 4 is 12.1 Å². The second kappa shape index (κ2) is 7.53. The van der Waals surface area contributed by atoms with Gasteiger partial charge >= 0.3 is 12.1 Å². The van der Waals surface area contributed by atoms with E-state index in [9.17, 15) is 14.7 Å². The van der Waals surface area contributed by atoms with Crippen LogP contribution < -0.4 is 0 Å². The van der Waals surface area contributed by atoms with Crippen molar-refractivity contribution in [3.63, 3.8) is 0 Å². The Kier molecular flexibility index (Phi) is 6.03. The van der Waals surface area contributed by atoms with Gasteiger partial charge in [0.1, 0.15) is 12.6 Å². The lowest BCUT2D eigenvalue weighted by Crippen LogP contribution is -2.46. The average Bonchev–Trinajstić information content (AvgIpc) is 2.45. The smallest absolute Gasteiger partial charge is 0.410 e. The molecule has 0 fully saturated rings. The molecule has 0 aliphatic heterocycles. The van der Waals surface area contributed by atoms with Gasteiger partial charge in [-0.05, 0) is 11.5 Å². The predicted octanol–water partition coefficient (Wildman–Crippen LogP) is 2.75. The molecule has 0 aliphatic rings. The van der Waals surface area contributed by atoms with Crippen molar-refractivity contribution in [2.75, 3.05) is 7.05 Å². The van der Waals surface area contributed by atoms with Crippen LogP contribution in [-0.4, -0.2) is 35.2 Å². The molecule has 0 saturated heterocycles. The molecule has 0 spiro atoms. The van der Waals surface area contributed by atoms with Crippen molar-refractivity contribution in [2.45, 2.75) is 32.9 Å². The minimum atomic E-state index is -1.02. The lowest BCUT2D eigenvalue weighted by Gasteiger charge is -2.28. The van der Waals surface area contributed by atoms with E-state index in [1.807, 2.05) is 37.3 Å². The number of aliphatic carboxylic acids is 1. The molecule has 0 aromatic heterocycles. The number of likely N-dealkylation sites (N-methyl/N-ethyl adjacent to an activating group) is 1. The number of rotatable bonds is 6. The van der Waals surface area contributed by atoms with Gasteiger partial charge in [-0.15, -0.1) is 0 Å². The quantitative estimate of drug-likeness (QED) is 0.869. The topological polar surface area (TPSA) is 66.8 Å². The van der Waals surface area contributed by atoms with E-state index < -0.39 is 18.1 Å². The third-order valence-corrected chi connectivity index (χ3v) is 3.35. The Balaban J connectivity index is 2.63. The zero-order chi connectivity index (χ0) is 15.1. The van der Waals surface area contributed by atoms with Crippen LogP contribution in [-0.2, 0) is 16.1 Å². The van der Waals surface area contributed by atoms with Crippen molar-refractivity contribution in [1.29, 1.82) is 0 Å². The Hall–Kier alpha value is -2.04. The molecule has 5 heteroatoms. The summed E-state index contributed by atoms with van der Waals surface area (Å²) < 4.78 is 5.14. The van der Waals surface area contributed by atoms with Crippen LogP contribution in [0.4, 0.5) is 4.79 Å². The lowest BCUT2D eigenvalue weighted by atomic mass is 9.98. The number of carboxylic acids is 1. The molecular formula is C15H21NO4. The van der Waals surface area contributed by atoms with Gasteiger partial charge in [0.15, 0.2) is 0 Å². The van der Waals surface area contributed by atoms with E-state index in [4.69, 9.17) is 4.74 Å². The monoisotopic (exact) mass is 279 g/mol. The molecule has 1 amide bonds. The molecule has 1 aromatic carbocycles. The molecule has 0 saturated carbocycles. The SMILES string of the molecule is CCC(C)[C@@H](C(=O)O)N(C)C(=O)OCc1ccccc1. The first-order chi connectivity index (χ1) is 9.47. The average molecular weight is 279 g/mol. The van der Waals surface area contributed by atoms with E-state index >= 15 is 0 Å². The normalized spacial score (nSPS) is 13.3. The van der Waals surface area contributed by atoms with Gasteiger partial charge < -0.3 is 9.84 Å². The van der Waals surface area contributed by atoms with Crippen molar-refractivity contribution in [1.82, 2.24) is 4.90 Å². The van der Waals surface area contributed by atoms with E-state index in [0.717, 1.165) is 10.5 Å². The second-order valence-electron chi connectivity index (χ2n) is 4.82. The zero-order valence-corrected chi connectivity index (χ0v) is 12.1. The van der Waals surface area contributed by atoms with Crippen LogP contribution in [0.2, 0.25) is 0 Å². The van der Waals surface area contributed by atoms with Crippen LogP contribution in [0.3, 0.4) is 0 Å². The first-order valence-corrected chi connectivity index (χ1v) is 6.63. The van der Waals surface area contributed by atoms with Gasteiger partial charge in [0.05, 0.1) is 0 Å². The molecule has 1 N–H and O–H groups in total. The van der Waals surface area contributed by atoms with Gasteiger partial charge in [0.25, 0.3) is 0 Å². The van der Waals surface area contributed by atoms with Gasteiger partial charge in [0.2, 0.25) is 0 Å². The maximum atomic E-state index is 11.9. The first-order valence-electron chi connectivity index (χ1n) is 6.63. The number of benzene rings is 1. The van der Waals surface area contributed by atoms with Crippen LogP contribution in [0.25, 0.3) is 0 Å². The van der Waals surface area contributed by atoms with E-state index in [-0.39, 0.29) is 12.5 Å². The number of carbonyl (C=O) groups is 2. The van der Waals surface area contributed by atoms with Crippen LogP contribution in [0.1, 0.15) is 25.8 Å². The number of nitrogens with zero attached hydrogens (tertiary/aromatic N) is 1. The molecule has 1 aromatic rings. The van der Waals surface area contributed by atoms with Crippen molar-refractivity contribution in [3.8, 4) is 0 Å². The Morgan fingerprint density at radius 3 is 2.40 bits per heavy atom. The van der Waals surface area contributed by atoms with Gasteiger partial charge in [-0.25, -0.2) is 9.59 Å². The van der Waals surface area contributed by atoms with E-state index in [1.165, 1.54) is 7.05 Å². The number of carbonyl (C=O) groups excluding carboxylic acids is 1. The van der Waals surface area contributed by atoms with Crippen LogP contribution in [0.5, 0.6) is 0 Å². The number of hydrogen-bond acceptors (Lipinski definition) is 3. The third kappa shape index (κ3) is 4.26. The summed E-state index contributed by atoms with van der Waals surface area (Å²) in [5, 5.41) is 9.23. The molecule has 5 nitrogen and oxygen atoms in total. The van der Waals surface area contributed by atoms with Crippen molar-refractivity contribution in [2.24, 2.45) is 5.92 Å². The lowest BCUT2D eigenvalue weighted by molar-refractivity contribution is -0.144. The maximum absolute atomic E-state index is 11.9. The van der Waals surface area contributed by atoms with Gasteiger partial charge in [-0.3, -0.25) is 4.90 Å². The summed E-state index contributed by atoms with van der Waals surface area (Å²) >= 11 is 0. The summed E-state index contributed by atoms with van der Waals surface area (Å²) in [5.41, 5.74) is 0.865. The minimum Gasteiger partial charge on any atom is -0.480 e. The summed E-state index contributed by atoms with van der Waals surface area (Å²) in [4.78, 5) is 24.3. The van der Waals surface area contributed by atoms with E-state index in [1.54, 1.807) is 6.92 Å². The van der Waals surface area contributed by atoms with Gasteiger partial charge in [0, 0.05) is 7.05 Å². The molecule has 110 valence electrons. The Morgan fingerprint density at radius 2 is 1.90 bits per heavy atom. The minimum absolute atomic E-state index is 0.136. The largest absolute Gasteiger partial charge is 0.480 e. The summed E-state index contributed by atoms with van der Waals surface area (Å²) in [6, 6.07) is 8.40. The predicted molar refractivity (Wildman–Crippen MR) is 75.3 cm³/mol. The molecule has 0 heterocycles. The summed E-state index contributed by atoms with van der Waals surface area (Å²) in [6.45, 7) is 3.83. The second-order valence-corrected chi connectivity index (χ2v) is 4.82. The van der Waals surface area contributed by atoms with Crippen LogP contribution >= 0.6 is 0 Å². The maximum Gasteiger partial charge on any atom is 0.410 e. The van der Waals surface area contributed by atoms with E-state index in [2.05, 4.69) is 0 Å². The fourth-order valence-electron chi connectivity index (χ4n) is 1.95. The van der Waals surface area contributed by atoms with Gasteiger partial charge in [-0.1, -0.05) is 50.6 Å². The van der Waals surface area contributed by atoms with E-state index in [0.29, 0.717) is 6.42 Å². The highest BCUT2D eigenvalue weighted by Crippen LogP contribution is 2.15.